The molecule has 1 unspecified atom stereocenters. The monoisotopic (exact) mass is 461 g/mol. The zero-order chi connectivity index (χ0) is 23.8. The SMILES string of the molecule is CCCCCCCCOc1ccc(-c2noc(C3CCCN3C(=O)OC(C)(C)C)n2)cc1F. The smallest absolute Gasteiger partial charge is 0.410 e. The van der Waals surface area contributed by atoms with Crippen LogP contribution in [-0.2, 0) is 4.74 Å². The summed E-state index contributed by atoms with van der Waals surface area (Å²) >= 11 is 0. The number of hydrogen-bond acceptors (Lipinski definition) is 6. The van der Waals surface area contributed by atoms with Gasteiger partial charge in [-0.3, -0.25) is 4.90 Å². The van der Waals surface area contributed by atoms with Gasteiger partial charge < -0.3 is 14.0 Å². The zero-order valence-electron chi connectivity index (χ0n) is 20.2. The molecule has 0 aliphatic carbocycles. The van der Waals surface area contributed by atoms with Crippen LogP contribution >= 0.6 is 0 Å². The predicted molar refractivity (Wildman–Crippen MR) is 123 cm³/mol. The summed E-state index contributed by atoms with van der Waals surface area (Å²) in [5.41, 5.74) is -0.0862. The van der Waals surface area contributed by atoms with Crippen molar-refractivity contribution >= 4 is 6.09 Å². The van der Waals surface area contributed by atoms with Crippen LogP contribution in [0.4, 0.5) is 9.18 Å². The first kappa shape index (κ1) is 25.0. The van der Waals surface area contributed by atoms with E-state index in [1.807, 2.05) is 20.8 Å². The van der Waals surface area contributed by atoms with Crippen molar-refractivity contribution in [3.8, 4) is 17.1 Å². The van der Waals surface area contributed by atoms with E-state index in [9.17, 15) is 9.18 Å². The Labute approximate surface area is 195 Å². The van der Waals surface area contributed by atoms with Crippen LogP contribution in [0.25, 0.3) is 11.4 Å². The summed E-state index contributed by atoms with van der Waals surface area (Å²) in [6.07, 6.45) is 8.03. The van der Waals surface area contributed by atoms with E-state index in [1.165, 1.54) is 31.7 Å². The normalized spacial score (nSPS) is 16.3. The first-order valence-corrected chi connectivity index (χ1v) is 12.0. The molecule has 0 saturated carbocycles. The number of carbonyl (C=O) groups is 1. The van der Waals surface area contributed by atoms with Gasteiger partial charge in [0.1, 0.15) is 11.6 Å². The second-order valence-electron chi connectivity index (χ2n) is 9.55. The fourth-order valence-electron chi connectivity index (χ4n) is 3.87. The molecule has 33 heavy (non-hydrogen) atoms. The highest BCUT2D eigenvalue weighted by Crippen LogP contribution is 2.33. The lowest BCUT2D eigenvalue weighted by Crippen LogP contribution is -2.36. The molecule has 1 aliphatic rings. The molecule has 0 radical (unpaired) electrons. The highest BCUT2D eigenvalue weighted by Gasteiger charge is 2.36. The van der Waals surface area contributed by atoms with Crippen LogP contribution in [0.2, 0.25) is 0 Å². The lowest BCUT2D eigenvalue weighted by Gasteiger charge is -2.26. The maximum atomic E-state index is 14.6. The summed E-state index contributed by atoms with van der Waals surface area (Å²) in [6, 6.07) is 4.33. The summed E-state index contributed by atoms with van der Waals surface area (Å²) in [6.45, 7) is 8.74. The van der Waals surface area contributed by atoms with Crippen LogP contribution in [0.15, 0.2) is 22.7 Å². The molecule has 1 aliphatic heterocycles. The van der Waals surface area contributed by atoms with Gasteiger partial charge in [0, 0.05) is 12.1 Å². The van der Waals surface area contributed by atoms with E-state index in [4.69, 9.17) is 14.0 Å². The second-order valence-corrected chi connectivity index (χ2v) is 9.55. The second kappa shape index (κ2) is 11.5. The van der Waals surface area contributed by atoms with Crippen molar-refractivity contribution in [2.24, 2.45) is 0 Å². The number of aromatic nitrogens is 2. The summed E-state index contributed by atoms with van der Waals surface area (Å²) in [5, 5.41) is 4.01. The summed E-state index contributed by atoms with van der Waals surface area (Å²) in [4.78, 5) is 18.6. The van der Waals surface area contributed by atoms with Crippen molar-refractivity contribution in [2.75, 3.05) is 13.2 Å². The third kappa shape index (κ3) is 7.17. The van der Waals surface area contributed by atoms with Crippen molar-refractivity contribution < 1.29 is 23.2 Å². The number of nitrogens with zero attached hydrogens (tertiary/aromatic N) is 3. The molecular formula is C25H36FN3O4. The molecule has 1 saturated heterocycles. The highest BCUT2D eigenvalue weighted by molar-refractivity contribution is 5.69. The van der Waals surface area contributed by atoms with Gasteiger partial charge in [-0.2, -0.15) is 4.98 Å². The number of benzene rings is 1. The quantitative estimate of drug-likeness (QED) is 0.367. The maximum Gasteiger partial charge on any atom is 0.410 e. The molecule has 8 heteroatoms. The predicted octanol–water partition coefficient (Wildman–Crippen LogP) is 6.69. The van der Waals surface area contributed by atoms with E-state index < -0.39 is 17.5 Å². The Bertz CT molecular complexity index is 909. The number of halogens is 1. The van der Waals surface area contributed by atoms with Crippen molar-refractivity contribution in [1.82, 2.24) is 15.0 Å². The molecule has 1 fully saturated rings. The molecule has 2 heterocycles. The minimum absolute atomic E-state index is 0.225. The van der Waals surface area contributed by atoms with E-state index in [-0.39, 0.29) is 17.6 Å². The van der Waals surface area contributed by atoms with E-state index in [1.54, 1.807) is 17.0 Å². The van der Waals surface area contributed by atoms with Gasteiger partial charge in [0.2, 0.25) is 11.7 Å². The fourth-order valence-corrected chi connectivity index (χ4v) is 3.87. The number of hydrogen-bond donors (Lipinski definition) is 0. The Balaban J connectivity index is 1.58. The number of unbranched alkanes of at least 4 members (excludes halogenated alkanes) is 5. The molecule has 0 bridgehead atoms. The Morgan fingerprint density at radius 3 is 2.70 bits per heavy atom. The summed E-state index contributed by atoms with van der Waals surface area (Å²) in [5.74, 6) is 0.378. The molecular weight excluding hydrogens is 425 g/mol. The molecule has 1 atom stereocenters. The molecule has 7 nitrogen and oxygen atoms in total. The zero-order valence-corrected chi connectivity index (χ0v) is 20.2. The third-order valence-electron chi connectivity index (χ3n) is 5.55. The van der Waals surface area contributed by atoms with Gasteiger partial charge in [-0.15, -0.1) is 0 Å². The van der Waals surface area contributed by atoms with E-state index in [0.717, 1.165) is 19.3 Å². The van der Waals surface area contributed by atoms with E-state index >= 15 is 0 Å². The van der Waals surface area contributed by atoms with Gasteiger partial charge in [-0.1, -0.05) is 44.2 Å². The number of ether oxygens (including phenoxy) is 2. The number of rotatable bonds is 10. The Kier molecular flexibility index (Phi) is 8.69. The van der Waals surface area contributed by atoms with Crippen LogP contribution in [0.1, 0.15) is 91.0 Å². The Morgan fingerprint density at radius 1 is 1.21 bits per heavy atom. The molecule has 0 spiro atoms. The first-order chi connectivity index (χ1) is 15.8. The molecule has 0 N–H and O–H groups in total. The van der Waals surface area contributed by atoms with Crippen LogP contribution in [0.3, 0.4) is 0 Å². The van der Waals surface area contributed by atoms with Crippen molar-refractivity contribution in [1.29, 1.82) is 0 Å². The third-order valence-corrected chi connectivity index (χ3v) is 5.55. The summed E-state index contributed by atoms with van der Waals surface area (Å²) < 4.78 is 31.1. The molecule has 1 aromatic carbocycles. The standard InChI is InChI=1S/C25H36FN3O4/c1-5-6-7-8-9-10-16-31-21-14-13-18(17-19(21)26)22-27-23(33-28-22)20-12-11-15-29(20)24(30)32-25(2,3)4/h13-14,17,20H,5-12,15-16H2,1-4H3. The minimum Gasteiger partial charge on any atom is -0.491 e. The van der Waals surface area contributed by atoms with Gasteiger partial charge in [-0.05, 0) is 58.2 Å². The number of carbonyl (C=O) groups excluding carboxylic acids is 1. The fraction of sp³-hybridized carbons (Fsp3) is 0.640. The maximum absolute atomic E-state index is 14.6. The van der Waals surface area contributed by atoms with Crippen molar-refractivity contribution in [3.05, 3.63) is 29.9 Å². The Hall–Kier alpha value is -2.64. The van der Waals surface area contributed by atoms with Gasteiger partial charge >= 0.3 is 6.09 Å². The Morgan fingerprint density at radius 2 is 1.97 bits per heavy atom. The van der Waals surface area contributed by atoms with Crippen LogP contribution < -0.4 is 4.74 Å². The van der Waals surface area contributed by atoms with Crippen LogP contribution in [0.5, 0.6) is 5.75 Å². The van der Waals surface area contributed by atoms with E-state index in [2.05, 4.69) is 17.1 Å². The van der Waals surface area contributed by atoms with Gasteiger partial charge in [-0.25, -0.2) is 9.18 Å². The molecule has 1 aromatic heterocycles. The molecule has 3 rings (SSSR count). The highest BCUT2D eigenvalue weighted by atomic mass is 19.1. The topological polar surface area (TPSA) is 77.7 Å². The van der Waals surface area contributed by atoms with Gasteiger partial charge in [0.05, 0.1) is 6.61 Å². The van der Waals surface area contributed by atoms with Crippen molar-refractivity contribution in [3.63, 3.8) is 0 Å². The van der Waals surface area contributed by atoms with E-state index in [0.29, 0.717) is 31.0 Å². The average Bonchev–Trinajstić information content (AvgIpc) is 3.42. The minimum atomic E-state index is -0.583. The van der Waals surface area contributed by atoms with Gasteiger partial charge in [0.25, 0.3) is 0 Å². The molecule has 1 amide bonds. The van der Waals surface area contributed by atoms with Crippen LogP contribution in [-0.4, -0.2) is 39.9 Å². The lowest BCUT2D eigenvalue weighted by atomic mass is 10.1. The molecule has 182 valence electrons. The number of amides is 1. The lowest BCUT2D eigenvalue weighted by molar-refractivity contribution is 0.0199. The number of likely N-dealkylation sites (tertiary alicyclic amines) is 1. The van der Waals surface area contributed by atoms with Crippen molar-refractivity contribution in [2.45, 2.75) is 90.7 Å². The largest absolute Gasteiger partial charge is 0.491 e. The average molecular weight is 462 g/mol. The first-order valence-electron chi connectivity index (χ1n) is 12.0. The summed E-state index contributed by atoms with van der Waals surface area (Å²) in [7, 11) is 0. The van der Waals surface area contributed by atoms with Crippen LogP contribution in [0, 0.1) is 5.82 Å². The van der Waals surface area contributed by atoms with Gasteiger partial charge in [0.15, 0.2) is 11.6 Å². The molecule has 2 aromatic rings.